The van der Waals surface area contributed by atoms with Crippen LogP contribution in [-0.4, -0.2) is 10.7 Å². The molecule has 0 aromatic heterocycles. The van der Waals surface area contributed by atoms with Crippen LogP contribution < -0.4 is 0 Å². The molecular weight excluding hydrogens is 338 g/mol. The Morgan fingerprint density at radius 2 is 1.81 bits per heavy atom. The molecule has 0 saturated heterocycles. The Morgan fingerprint density at radius 3 is 2.57 bits per heavy atom. The minimum atomic E-state index is -1.10. The normalized spacial score (nSPS) is 21.1. The van der Waals surface area contributed by atoms with Crippen LogP contribution in [0.4, 0.5) is 8.78 Å². The van der Waals surface area contributed by atoms with Gasteiger partial charge in [0.05, 0.1) is 10.1 Å². The summed E-state index contributed by atoms with van der Waals surface area (Å²) in [4.78, 5) is 0. The molecule has 0 saturated carbocycles. The smallest absolute Gasteiger partial charge is 0.143 e. The zero-order valence-electron chi connectivity index (χ0n) is 11.4. The first-order valence-electron chi connectivity index (χ1n) is 6.90. The number of aryl methyl sites for hydroxylation is 1. The Labute approximate surface area is 130 Å². The Balaban J connectivity index is 1.91. The maximum absolute atomic E-state index is 14.1. The SMILES string of the molecule is OC1(Cc2c(F)ccc(Br)c2F)CCc2ccccc2C1. The monoisotopic (exact) mass is 352 g/mol. The average molecular weight is 353 g/mol. The van der Waals surface area contributed by atoms with Crippen LogP contribution in [0, 0.1) is 11.6 Å². The van der Waals surface area contributed by atoms with E-state index >= 15 is 0 Å². The molecule has 1 aliphatic rings. The van der Waals surface area contributed by atoms with Gasteiger partial charge in [0.1, 0.15) is 11.6 Å². The van der Waals surface area contributed by atoms with Crippen LogP contribution in [-0.2, 0) is 19.3 Å². The second-order valence-electron chi connectivity index (χ2n) is 5.67. The van der Waals surface area contributed by atoms with E-state index < -0.39 is 17.2 Å². The third-order valence-corrected chi connectivity index (χ3v) is 4.75. The minimum Gasteiger partial charge on any atom is -0.389 e. The lowest BCUT2D eigenvalue weighted by Crippen LogP contribution is -2.38. The first-order chi connectivity index (χ1) is 9.98. The van der Waals surface area contributed by atoms with E-state index in [2.05, 4.69) is 15.9 Å². The van der Waals surface area contributed by atoms with Crippen LogP contribution in [0.2, 0.25) is 0 Å². The fraction of sp³-hybridized carbons (Fsp3) is 0.294. The number of hydrogen-bond acceptors (Lipinski definition) is 1. The molecule has 0 radical (unpaired) electrons. The topological polar surface area (TPSA) is 20.2 Å². The van der Waals surface area contributed by atoms with Gasteiger partial charge in [-0.3, -0.25) is 0 Å². The van der Waals surface area contributed by atoms with E-state index in [0.717, 1.165) is 12.0 Å². The molecule has 0 aliphatic heterocycles. The van der Waals surface area contributed by atoms with E-state index in [1.165, 1.54) is 17.7 Å². The average Bonchev–Trinajstić information content (AvgIpc) is 2.47. The van der Waals surface area contributed by atoms with Crippen LogP contribution in [0.5, 0.6) is 0 Å². The van der Waals surface area contributed by atoms with Gasteiger partial charge in [0, 0.05) is 18.4 Å². The zero-order valence-corrected chi connectivity index (χ0v) is 13.0. The first-order valence-corrected chi connectivity index (χ1v) is 7.69. The molecule has 1 atom stereocenters. The van der Waals surface area contributed by atoms with Crippen molar-refractivity contribution < 1.29 is 13.9 Å². The number of halogens is 3. The lowest BCUT2D eigenvalue weighted by atomic mass is 9.77. The highest BCUT2D eigenvalue weighted by molar-refractivity contribution is 9.10. The maximum atomic E-state index is 14.1. The summed E-state index contributed by atoms with van der Waals surface area (Å²) in [6.45, 7) is 0. The molecule has 110 valence electrons. The van der Waals surface area contributed by atoms with Crippen molar-refractivity contribution in [2.45, 2.75) is 31.3 Å². The first kappa shape index (κ1) is 14.7. The van der Waals surface area contributed by atoms with Crippen molar-refractivity contribution in [3.05, 3.63) is 69.2 Å². The van der Waals surface area contributed by atoms with Crippen LogP contribution in [0.25, 0.3) is 0 Å². The number of aliphatic hydroxyl groups is 1. The van der Waals surface area contributed by atoms with Gasteiger partial charge in [-0.25, -0.2) is 8.78 Å². The van der Waals surface area contributed by atoms with Gasteiger partial charge in [-0.05, 0) is 52.0 Å². The van der Waals surface area contributed by atoms with Crippen LogP contribution in [0.3, 0.4) is 0 Å². The molecule has 0 heterocycles. The van der Waals surface area contributed by atoms with Crippen LogP contribution in [0.15, 0.2) is 40.9 Å². The Kier molecular flexibility index (Phi) is 3.84. The summed E-state index contributed by atoms with van der Waals surface area (Å²) in [6, 6.07) is 10.5. The molecule has 0 fully saturated rings. The van der Waals surface area contributed by atoms with Gasteiger partial charge in [-0.1, -0.05) is 24.3 Å². The van der Waals surface area contributed by atoms with Crippen molar-refractivity contribution >= 4 is 15.9 Å². The molecule has 3 rings (SSSR count). The standard InChI is InChI=1S/C17H15BrF2O/c18-14-5-6-15(19)13(16(14)20)10-17(21)8-7-11-3-1-2-4-12(11)9-17/h1-6,21H,7-10H2. The highest BCUT2D eigenvalue weighted by Crippen LogP contribution is 2.33. The largest absolute Gasteiger partial charge is 0.389 e. The van der Waals surface area contributed by atoms with Crippen LogP contribution in [0.1, 0.15) is 23.1 Å². The third-order valence-electron chi connectivity index (χ3n) is 4.14. The van der Waals surface area contributed by atoms with Gasteiger partial charge in [-0.15, -0.1) is 0 Å². The minimum absolute atomic E-state index is 0.0154. The van der Waals surface area contributed by atoms with Crippen LogP contribution >= 0.6 is 15.9 Å². The zero-order chi connectivity index (χ0) is 15.0. The van der Waals surface area contributed by atoms with E-state index in [0.29, 0.717) is 12.8 Å². The molecule has 0 bridgehead atoms. The molecule has 0 spiro atoms. The van der Waals surface area contributed by atoms with Crippen molar-refractivity contribution in [3.8, 4) is 0 Å². The van der Waals surface area contributed by atoms with Gasteiger partial charge in [0.2, 0.25) is 0 Å². The fourth-order valence-corrected chi connectivity index (χ4v) is 3.37. The summed E-state index contributed by atoms with van der Waals surface area (Å²) in [5, 5.41) is 10.8. The summed E-state index contributed by atoms with van der Waals surface area (Å²) in [5.74, 6) is -1.23. The Morgan fingerprint density at radius 1 is 1.10 bits per heavy atom. The van der Waals surface area contributed by atoms with E-state index in [4.69, 9.17) is 0 Å². The Hall–Kier alpha value is -1.26. The van der Waals surface area contributed by atoms with Crippen molar-refractivity contribution in [1.29, 1.82) is 0 Å². The fourth-order valence-electron chi connectivity index (χ4n) is 3.00. The lowest BCUT2D eigenvalue weighted by Gasteiger charge is -2.34. The van der Waals surface area contributed by atoms with E-state index in [9.17, 15) is 13.9 Å². The van der Waals surface area contributed by atoms with Gasteiger partial charge >= 0.3 is 0 Å². The lowest BCUT2D eigenvalue weighted by molar-refractivity contribution is 0.0251. The summed E-state index contributed by atoms with van der Waals surface area (Å²) >= 11 is 3.07. The predicted octanol–water partition coefficient (Wildman–Crippen LogP) is 4.19. The summed E-state index contributed by atoms with van der Waals surface area (Å²) in [7, 11) is 0. The second-order valence-corrected chi connectivity index (χ2v) is 6.52. The number of benzene rings is 2. The van der Waals surface area contributed by atoms with E-state index in [1.54, 1.807) is 0 Å². The summed E-state index contributed by atoms with van der Waals surface area (Å²) < 4.78 is 28.2. The second kappa shape index (κ2) is 5.50. The van der Waals surface area contributed by atoms with Gasteiger partial charge in [0.15, 0.2) is 0 Å². The molecule has 0 amide bonds. The highest BCUT2D eigenvalue weighted by Gasteiger charge is 2.34. The van der Waals surface area contributed by atoms with Gasteiger partial charge in [0.25, 0.3) is 0 Å². The molecule has 21 heavy (non-hydrogen) atoms. The molecule has 1 nitrogen and oxygen atoms in total. The Bertz CT molecular complexity index is 686. The predicted molar refractivity (Wildman–Crippen MR) is 81.2 cm³/mol. The summed E-state index contributed by atoms with van der Waals surface area (Å²) in [5.41, 5.74) is 1.11. The number of fused-ring (bicyclic) bond motifs is 1. The van der Waals surface area contributed by atoms with Crippen molar-refractivity contribution in [3.63, 3.8) is 0 Å². The van der Waals surface area contributed by atoms with Gasteiger partial charge in [-0.2, -0.15) is 0 Å². The number of hydrogen-bond donors (Lipinski definition) is 1. The van der Waals surface area contributed by atoms with Gasteiger partial charge < -0.3 is 5.11 Å². The molecule has 1 aliphatic carbocycles. The third kappa shape index (κ3) is 2.87. The van der Waals surface area contributed by atoms with E-state index in [1.807, 2.05) is 24.3 Å². The van der Waals surface area contributed by atoms with E-state index in [-0.39, 0.29) is 16.5 Å². The maximum Gasteiger partial charge on any atom is 0.143 e. The quantitative estimate of drug-likeness (QED) is 0.803. The van der Waals surface area contributed by atoms with Crippen molar-refractivity contribution in [1.82, 2.24) is 0 Å². The highest BCUT2D eigenvalue weighted by atomic mass is 79.9. The molecular formula is C17H15BrF2O. The molecule has 1 N–H and O–H groups in total. The van der Waals surface area contributed by atoms with Crippen molar-refractivity contribution in [2.75, 3.05) is 0 Å². The molecule has 4 heteroatoms. The molecule has 2 aromatic rings. The molecule has 1 unspecified atom stereocenters. The summed E-state index contributed by atoms with van der Waals surface area (Å²) in [6.07, 6.45) is 1.65. The number of rotatable bonds is 2. The molecule has 2 aromatic carbocycles. The van der Waals surface area contributed by atoms with Crippen molar-refractivity contribution in [2.24, 2.45) is 0 Å².